The number of rotatable bonds is 9. The summed E-state index contributed by atoms with van der Waals surface area (Å²) >= 11 is 0. The van der Waals surface area contributed by atoms with Crippen molar-refractivity contribution in [3.05, 3.63) is 64.6 Å². The first-order chi connectivity index (χ1) is 18.1. The monoisotopic (exact) mass is 537 g/mol. The summed E-state index contributed by atoms with van der Waals surface area (Å²) in [5.41, 5.74) is 1.09. The molecule has 5 rings (SSSR count). The van der Waals surface area contributed by atoms with E-state index in [2.05, 4.69) is 16.8 Å². The van der Waals surface area contributed by atoms with E-state index in [1.807, 2.05) is 0 Å². The van der Waals surface area contributed by atoms with Gasteiger partial charge in [0.25, 0.3) is 5.92 Å². The molecule has 3 heterocycles. The fraction of sp³-hybridized carbons (Fsp3) is 0.500. The Labute approximate surface area is 218 Å². The summed E-state index contributed by atoms with van der Waals surface area (Å²) in [5.74, 6) is -5.13. The molecular weight excluding hydrogens is 505 g/mol. The Morgan fingerprint density at radius 1 is 1.11 bits per heavy atom. The Morgan fingerprint density at radius 3 is 2.47 bits per heavy atom. The summed E-state index contributed by atoms with van der Waals surface area (Å²) in [6.45, 7) is 4.36. The number of halogens is 5. The smallest absolute Gasteiger partial charge is 0.283 e. The van der Waals surface area contributed by atoms with Crippen molar-refractivity contribution in [1.82, 2.24) is 14.8 Å². The molecule has 10 heteroatoms. The van der Waals surface area contributed by atoms with Crippen molar-refractivity contribution in [1.29, 1.82) is 0 Å². The van der Waals surface area contributed by atoms with Gasteiger partial charge in [0.1, 0.15) is 36.4 Å². The van der Waals surface area contributed by atoms with E-state index < -0.39 is 54.2 Å². The lowest BCUT2D eigenvalue weighted by Crippen LogP contribution is -2.49. The highest BCUT2D eigenvalue weighted by Gasteiger charge is 2.43. The Kier molecular flexibility index (Phi) is 7.41. The molecule has 38 heavy (non-hydrogen) atoms. The van der Waals surface area contributed by atoms with Crippen molar-refractivity contribution in [3.8, 4) is 5.75 Å². The number of nitrogens with one attached hydrogen (secondary N) is 1. The van der Waals surface area contributed by atoms with Gasteiger partial charge in [0.2, 0.25) is 0 Å². The van der Waals surface area contributed by atoms with E-state index in [0.29, 0.717) is 34.6 Å². The van der Waals surface area contributed by atoms with Crippen molar-refractivity contribution in [2.24, 2.45) is 5.92 Å². The van der Waals surface area contributed by atoms with Gasteiger partial charge in [0.15, 0.2) is 0 Å². The number of aliphatic hydroxyl groups excluding tert-OH is 1. The molecule has 1 saturated heterocycles. The third-order valence-electron chi connectivity index (χ3n) is 7.83. The second kappa shape index (κ2) is 10.5. The second-order valence-corrected chi connectivity index (χ2v) is 10.5. The van der Waals surface area contributed by atoms with Crippen LogP contribution in [0.4, 0.5) is 22.0 Å². The van der Waals surface area contributed by atoms with Crippen LogP contribution in [0.3, 0.4) is 0 Å². The molecule has 206 valence electrons. The van der Waals surface area contributed by atoms with Crippen LogP contribution < -0.4 is 4.74 Å². The van der Waals surface area contributed by atoms with E-state index in [4.69, 9.17) is 4.74 Å². The fourth-order valence-corrected chi connectivity index (χ4v) is 5.72. The number of benzene rings is 2. The van der Waals surface area contributed by atoms with Crippen LogP contribution in [-0.2, 0) is 6.42 Å². The van der Waals surface area contributed by atoms with Gasteiger partial charge in [-0.1, -0.05) is 13.3 Å². The number of nitrogens with zero attached hydrogens (tertiary/aromatic N) is 2. The molecule has 1 aromatic heterocycles. The number of hydrogen-bond donors (Lipinski definition) is 2. The van der Waals surface area contributed by atoms with Crippen molar-refractivity contribution in [2.75, 3.05) is 39.4 Å². The van der Waals surface area contributed by atoms with Crippen molar-refractivity contribution in [2.45, 2.75) is 44.7 Å². The van der Waals surface area contributed by atoms with Crippen molar-refractivity contribution >= 4 is 10.9 Å². The molecule has 1 fully saturated rings. The van der Waals surface area contributed by atoms with Crippen molar-refractivity contribution < 1.29 is 31.8 Å². The van der Waals surface area contributed by atoms with Crippen molar-refractivity contribution in [3.63, 3.8) is 0 Å². The number of aliphatic hydroxyl groups is 1. The van der Waals surface area contributed by atoms with Gasteiger partial charge in [0, 0.05) is 60.0 Å². The average Bonchev–Trinajstić information content (AvgIpc) is 3.19. The Hall–Kier alpha value is -2.69. The third-order valence-corrected chi connectivity index (χ3v) is 7.83. The van der Waals surface area contributed by atoms with Crippen LogP contribution in [0, 0.1) is 23.4 Å². The number of hydrogen-bond acceptors (Lipinski definition) is 4. The molecule has 2 aliphatic heterocycles. The molecule has 2 N–H and O–H groups in total. The Bertz CT molecular complexity index is 1280. The summed E-state index contributed by atoms with van der Waals surface area (Å²) in [7, 11) is 0. The minimum atomic E-state index is -3.49. The van der Waals surface area contributed by atoms with Gasteiger partial charge in [-0.25, -0.2) is 22.0 Å². The number of alkyl halides is 2. The average molecular weight is 538 g/mol. The zero-order valence-corrected chi connectivity index (χ0v) is 21.4. The summed E-state index contributed by atoms with van der Waals surface area (Å²) in [4.78, 5) is 6.60. The Balaban J connectivity index is 1.49. The number of likely N-dealkylation sites (tertiary alicyclic amines) is 1. The summed E-state index contributed by atoms with van der Waals surface area (Å²) in [6, 6.07) is 4.43. The largest absolute Gasteiger partial charge is 0.492 e. The zero-order chi connectivity index (χ0) is 27.2. The quantitative estimate of drug-likeness (QED) is 0.366. The minimum Gasteiger partial charge on any atom is -0.492 e. The molecule has 0 saturated carbocycles. The molecule has 0 radical (unpaired) electrons. The SMILES string of the molecule is CCC1CN(CCOc2cc(F)c([C@@H]3c4[nH]c5ccc(F)cc5c4C[C@@H](C)N3CC(F)(F)CO)c(F)c2)C1. The van der Waals surface area contributed by atoms with Crippen LogP contribution in [0.15, 0.2) is 30.3 Å². The van der Waals surface area contributed by atoms with Crippen LogP contribution in [0.1, 0.15) is 43.1 Å². The van der Waals surface area contributed by atoms with Gasteiger partial charge in [-0.15, -0.1) is 0 Å². The van der Waals surface area contributed by atoms with E-state index in [0.717, 1.165) is 31.6 Å². The van der Waals surface area contributed by atoms with Gasteiger partial charge in [-0.3, -0.25) is 9.80 Å². The minimum absolute atomic E-state index is 0.0198. The number of aromatic amines is 1. The zero-order valence-electron chi connectivity index (χ0n) is 21.4. The maximum atomic E-state index is 15.6. The van der Waals surface area contributed by atoms with E-state index in [-0.39, 0.29) is 18.8 Å². The van der Waals surface area contributed by atoms with E-state index in [9.17, 15) is 18.3 Å². The molecule has 0 spiro atoms. The molecule has 3 aromatic rings. The number of ether oxygens (including phenoxy) is 1. The van der Waals surface area contributed by atoms with Gasteiger partial charge >= 0.3 is 0 Å². The molecule has 5 nitrogen and oxygen atoms in total. The maximum Gasteiger partial charge on any atom is 0.283 e. The third kappa shape index (κ3) is 5.13. The first-order valence-electron chi connectivity index (χ1n) is 13.0. The van der Waals surface area contributed by atoms with Crippen LogP contribution >= 0.6 is 0 Å². The van der Waals surface area contributed by atoms with Crippen LogP contribution in [0.2, 0.25) is 0 Å². The highest BCUT2D eigenvalue weighted by Crippen LogP contribution is 2.44. The Morgan fingerprint density at radius 2 is 1.82 bits per heavy atom. The molecule has 0 amide bonds. The van der Waals surface area contributed by atoms with Gasteiger partial charge in [-0.2, -0.15) is 0 Å². The molecular formula is C28H32F5N3O2. The summed E-state index contributed by atoms with van der Waals surface area (Å²) in [5, 5.41) is 9.78. The van der Waals surface area contributed by atoms with Crippen LogP contribution in [0.5, 0.6) is 5.75 Å². The summed E-state index contributed by atoms with van der Waals surface area (Å²) in [6.07, 6.45) is 1.37. The first kappa shape index (κ1) is 26.9. The highest BCUT2D eigenvalue weighted by molar-refractivity contribution is 5.85. The van der Waals surface area contributed by atoms with E-state index in [1.54, 1.807) is 6.92 Å². The van der Waals surface area contributed by atoms with Crippen LogP contribution in [0.25, 0.3) is 10.9 Å². The predicted octanol–water partition coefficient (Wildman–Crippen LogP) is 5.27. The number of fused-ring (bicyclic) bond motifs is 3. The molecule has 0 aliphatic carbocycles. The maximum absolute atomic E-state index is 15.6. The lowest BCUT2D eigenvalue weighted by molar-refractivity contribution is -0.0869. The molecule has 2 atom stereocenters. The molecule has 2 aliphatic rings. The summed E-state index contributed by atoms with van der Waals surface area (Å²) < 4.78 is 79.7. The second-order valence-electron chi connectivity index (χ2n) is 10.5. The standard InChI is InChI=1S/C28H32F5N3O2/c1-3-17-12-35(13-17)6-7-38-19-10-22(30)25(23(31)11-19)27-26-21(20-9-18(29)4-5-24(20)34-26)8-16(2)36(27)14-28(32,33)15-37/h4-5,9-11,16-17,27,34,37H,3,6-8,12-15H2,1-2H3/t16-,27-/m1/s1. The molecule has 0 bridgehead atoms. The number of H-pyrrole nitrogens is 1. The molecule has 0 unspecified atom stereocenters. The lowest BCUT2D eigenvalue weighted by atomic mass is 9.87. The van der Waals surface area contributed by atoms with Gasteiger partial charge < -0.3 is 14.8 Å². The van der Waals surface area contributed by atoms with Gasteiger partial charge in [-0.05, 0) is 43.0 Å². The fourth-order valence-electron chi connectivity index (χ4n) is 5.72. The van der Waals surface area contributed by atoms with Gasteiger partial charge in [0.05, 0.1) is 12.6 Å². The predicted molar refractivity (Wildman–Crippen MR) is 134 cm³/mol. The highest BCUT2D eigenvalue weighted by atomic mass is 19.3. The van der Waals surface area contributed by atoms with E-state index in [1.165, 1.54) is 23.1 Å². The van der Waals surface area contributed by atoms with E-state index >= 15 is 8.78 Å². The number of aromatic nitrogens is 1. The normalized spacial score (nSPS) is 21.1. The topological polar surface area (TPSA) is 51.7 Å². The van der Waals surface area contributed by atoms with Crippen LogP contribution in [-0.4, -0.2) is 71.2 Å². The first-order valence-corrected chi connectivity index (χ1v) is 13.0. The molecule has 2 aromatic carbocycles. The lowest BCUT2D eigenvalue weighted by Gasteiger charge is -2.42.